The molecule has 0 saturated carbocycles. The molecule has 1 aromatic carbocycles. The van der Waals surface area contributed by atoms with Crippen LogP contribution in [0.25, 0.3) is 0 Å². The first-order chi connectivity index (χ1) is 9.79. The fraction of sp³-hybridized carbons (Fsp3) is 0.250. The van der Waals surface area contributed by atoms with E-state index in [9.17, 15) is 27.6 Å². The normalized spacial score (nSPS) is 10.0. The van der Waals surface area contributed by atoms with E-state index in [-0.39, 0.29) is 19.3 Å². The average molecular weight is 304 g/mol. The zero-order chi connectivity index (χ0) is 16.0. The number of rotatable bonds is 5. The highest BCUT2D eigenvalue weighted by molar-refractivity contribution is 6.01. The summed E-state index contributed by atoms with van der Waals surface area (Å²) in [6.07, 6.45) is -0.476. The van der Waals surface area contributed by atoms with E-state index >= 15 is 0 Å². The number of imide groups is 1. The Morgan fingerprint density at radius 3 is 2.38 bits per heavy atom. The summed E-state index contributed by atoms with van der Waals surface area (Å²) in [6, 6.07) is -0.332. The predicted octanol–water partition coefficient (Wildman–Crippen LogP) is 2.01. The molecule has 0 unspecified atom stereocenters. The number of halogens is 3. The lowest BCUT2D eigenvalue weighted by Crippen LogP contribution is -2.34. The molecule has 0 aliphatic rings. The van der Waals surface area contributed by atoms with Gasteiger partial charge in [-0.2, -0.15) is 0 Å². The summed E-state index contributed by atoms with van der Waals surface area (Å²) in [5.41, 5.74) is -0.761. The first-order valence-electron chi connectivity index (χ1n) is 5.76. The molecule has 1 rings (SSSR count). The standard InChI is InChI=1S/C12H11F3N2O4/c13-6-4-7(14)11(15)8(5-6)16-12(21)17-9(18)2-1-3-10(19)20/h4-5H,1-3H2,(H,19,20)(H2,16,17,18,21). The molecule has 0 aliphatic carbocycles. The van der Waals surface area contributed by atoms with Gasteiger partial charge in [-0.25, -0.2) is 18.0 Å². The maximum Gasteiger partial charge on any atom is 0.325 e. The van der Waals surface area contributed by atoms with Crippen LogP contribution < -0.4 is 10.6 Å². The van der Waals surface area contributed by atoms with E-state index in [4.69, 9.17) is 5.11 Å². The van der Waals surface area contributed by atoms with Crippen molar-refractivity contribution in [2.45, 2.75) is 19.3 Å². The van der Waals surface area contributed by atoms with Crippen LogP contribution in [-0.4, -0.2) is 23.0 Å². The Morgan fingerprint density at radius 1 is 1.10 bits per heavy atom. The van der Waals surface area contributed by atoms with Crippen molar-refractivity contribution in [3.05, 3.63) is 29.6 Å². The lowest BCUT2D eigenvalue weighted by Gasteiger charge is -2.08. The molecule has 3 N–H and O–H groups in total. The van der Waals surface area contributed by atoms with E-state index in [1.807, 2.05) is 0 Å². The Hall–Kier alpha value is -2.58. The summed E-state index contributed by atoms with van der Waals surface area (Å²) < 4.78 is 39.0. The number of carbonyl (C=O) groups is 3. The van der Waals surface area contributed by atoms with Crippen LogP contribution >= 0.6 is 0 Å². The maximum absolute atomic E-state index is 13.2. The van der Waals surface area contributed by atoms with Crippen molar-refractivity contribution >= 4 is 23.6 Å². The summed E-state index contributed by atoms with van der Waals surface area (Å²) in [7, 11) is 0. The van der Waals surface area contributed by atoms with Crippen LogP contribution in [0.4, 0.5) is 23.7 Å². The Balaban J connectivity index is 2.54. The van der Waals surface area contributed by atoms with E-state index in [2.05, 4.69) is 0 Å². The highest BCUT2D eigenvalue weighted by Crippen LogP contribution is 2.18. The third kappa shape index (κ3) is 5.51. The van der Waals surface area contributed by atoms with Crippen LogP contribution in [0.1, 0.15) is 19.3 Å². The number of urea groups is 1. The minimum absolute atomic E-state index is 0.0113. The fourth-order valence-electron chi connectivity index (χ4n) is 1.39. The van der Waals surface area contributed by atoms with Gasteiger partial charge in [0.05, 0.1) is 5.69 Å². The first-order valence-corrected chi connectivity index (χ1v) is 5.76. The number of hydrogen-bond acceptors (Lipinski definition) is 3. The molecule has 0 aliphatic heterocycles. The Kier molecular flexibility index (Phi) is 5.70. The lowest BCUT2D eigenvalue weighted by atomic mass is 10.2. The zero-order valence-corrected chi connectivity index (χ0v) is 10.6. The third-order valence-corrected chi connectivity index (χ3v) is 2.29. The van der Waals surface area contributed by atoms with Crippen LogP contribution in [0, 0.1) is 17.5 Å². The lowest BCUT2D eigenvalue weighted by molar-refractivity contribution is -0.137. The monoisotopic (exact) mass is 304 g/mol. The zero-order valence-electron chi connectivity index (χ0n) is 10.6. The van der Waals surface area contributed by atoms with Crippen molar-refractivity contribution in [1.29, 1.82) is 0 Å². The molecule has 0 radical (unpaired) electrons. The van der Waals surface area contributed by atoms with Gasteiger partial charge in [0, 0.05) is 25.0 Å². The van der Waals surface area contributed by atoms with Crippen LogP contribution in [0.3, 0.4) is 0 Å². The molecule has 114 valence electrons. The second-order valence-electron chi connectivity index (χ2n) is 4.00. The number of carboxylic acids is 1. The van der Waals surface area contributed by atoms with Crippen molar-refractivity contribution < 1.29 is 32.7 Å². The number of carbonyl (C=O) groups excluding carboxylic acids is 2. The van der Waals surface area contributed by atoms with Gasteiger partial charge in [0.1, 0.15) is 5.82 Å². The fourth-order valence-corrected chi connectivity index (χ4v) is 1.39. The highest BCUT2D eigenvalue weighted by atomic mass is 19.2. The van der Waals surface area contributed by atoms with Crippen LogP contribution in [-0.2, 0) is 9.59 Å². The van der Waals surface area contributed by atoms with Gasteiger partial charge in [-0.3, -0.25) is 14.9 Å². The molecule has 0 bridgehead atoms. The first kappa shape index (κ1) is 16.5. The average Bonchev–Trinajstić information content (AvgIpc) is 2.34. The van der Waals surface area contributed by atoms with Gasteiger partial charge >= 0.3 is 12.0 Å². The molecule has 1 aromatic rings. The van der Waals surface area contributed by atoms with Gasteiger partial charge in [0.25, 0.3) is 0 Å². The van der Waals surface area contributed by atoms with Gasteiger partial charge in [-0.05, 0) is 6.42 Å². The van der Waals surface area contributed by atoms with E-state index in [1.54, 1.807) is 10.6 Å². The number of amides is 3. The van der Waals surface area contributed by atoms with Crippen molar-refractivity contribution in [3.63, 3.8) is 0 Å². The largest absolute Gasteiger partial charge is 0.481 e. The molecule has 6 nitrogen and oxygen atoms in total. The van der Waals surface area contributed by atoms with Crippen molar-refractivity contribution in [2.24, 2.45) is 0 Å². The molecule has 0 saturated heterocycles. The van der Waals surface area contributed by atoms with E-state index in [1.165, 1.54) is 0 Å². The molecule has 0 spiro atoms. The van der Waals surface area contributed by atoms with Gasteiger partial charge in [-0.15, -0.1) is 0 Å². The number of carboxylic acid groups (broad SMARTS) is 1. The second-order valence-corrected chi connectivity index (χ2v) is 4.00. The second kappa shape index (κ2) is 7.27. The summed E-state index contributed by atoms with van der Waals surface area (Å²) in [4.78, 5) is 32.8. The topological polar surface area (TPSA) is 95.5 Å². The summed E-state index contributed by atoms with van der Waals surface area (Å²) >= 11 is 0. The van der Waals surface area contributed by atoms with E-state index in [0.29, 0.717) is 12.1 Å². The van der Waals surface area contributed by atoms with Crippen molar-refractivity contribution in [3.8, 4) is 0 Å². The summed E-state index contributed by atoms with van der Waals surface area (Å²) in [6.45, 7) is 0. The molecule has 21 heavy (non-hydrogen) atoms. The van der Waals surface area contributed by atoms with Gasteiger partial charge in [-0.1, -0.05) is 0 Å². The van der Waals surface area contributed by atoms with E-state index in [0.717, 1.165) is 0 Å². The Bertz CT molecular complexity index is 578. The molecule has 0 aromatic heterocycles. The summed E-state index contributed by atoms with van der Waals surface area (Å²) in [5.74, 6) is -5.95. The predicted molar refractivity (Wildman–Crippen MR) is 65.0 cm³/mol. The molecule has 0 atom stereocenters. The quantitative estimate of drug-likeness (QED) is 0.725. The maximum atomic E-state index is 13.2. The third-order valence-electron chi connectivity index (χ3n) is 2.29. The highest BCUT2D eigenvalue weighted by Gasteiger charge is 2.15. The van der Waals surface area contributed by atoms with Gasteiger partial charge in [0.15, 0.2) is 11.6 Å². The molecular formula is C12H11F3N2O4. The molecule has 3 amide bonds. The van der Waals surface area contributed by atoms with Crippen molar-refractivity contribution in [2.75, 3.05) is 5.32 Å². The van der Waals surface area contributed by atoms with Crippen LogP contribution in [0.5, 0.6) is 0 Å². The van der Waals surface area contributed by atoms with Gasteiger partial charge in [0.2, 0.25) is 5.91 Å². The molecule has 9 heteroatoms. The van der Waals surface area contributed by atoms with Crippen molar-refractivity contribution in [1.82, 2.24) is 5.32 Å². The van der Waals surface area contributed by atoms with Crippen LogP contribution in [0.2, 0.25) is 0 Å². The Labute approximate surface area is 116 Å². The number of hydrogen-bond donors (Lipinski definition) is 3. The minimum atomic E-state index is -1.49. The SMILES string of the molecule is O=C(O)CCCC(=O)NC(=O)Nc1cc(F)cc(F)c1F. The molecule has 0 heterocycles. The molecule has 0 fully saturated rings. The minimum Gasteiger partial charge on any atom is -0.481 e. The van der Waals surface area contributed by atoms with Crippen LogP contribution in [0.15, 0.2) is 12.1 Å². The molecular weight excluding hydrogens is 293 g/mol. The Morgan fingerprint density at radius 2 is 1.76 bits per heavy atom. The number of anilines is 1. The van der Waals surface area contributed by atoms with Gasteiger partial charge < -0.3 is 10.4 Å². The number of benzene rings is 1. The number of aliphatic carboxylic acids is 1. The van der Waals surface area contributed by atoms with E-state index < -0.39 is 41.0 Å². The smallest absolute Gasteiger partial charge is 0.325 e. The number of nitrogens with one attached hydrogen (secondary N) is 2. The summed E-state index contributed by atoms with van der Waals surface area (Å²) in [5, 5.41) is 11.9.